The van der Waals surface area contributed by atoms with Crippen molar-refractivity contribution in [3.63, 3.8) is 0 Å². The van der Waals surface area contributed by atoms with Gasteiger partial charge in [0.2, 0.25) is 10.0 Å². The SMILES string of the molecule is CCC1(CNS(=O)(=O)c2cc(CN)n(C)c2)CCC1. The van der Waals surface area contributed by atoms with E-state index < -0.39 is 10.0 Å². The van der Waals surface area contributed by atoms with E-state index in [9.17, 15) is 8.42 Å². The number of sulfonamides is 1. The molecule has 0 atom stereocenters. The topological polar surface area (TPSA) is 77.1 Å². The number of aryl methyl sites for hydroxylation is 1. The minimum Gasteiger partial charge on any atom is -0.352 e. The lowest BCUT2D eigenvalue weighted by atomic mass is 9.67. The van der Waals surface area contributed by atoms with Gasteiger partial charge in [-0.15, -0.1) is 0 Å². The van der Waals surface area contributed by atoms with Crippen molar-refractivity contribution in [2.45, 2.75) is 44.0 Å². The second-order valence-electron chi connectivity index (χ2n) is 5.51. The molecule has 0 aromatic carbocycles. The first-order valence-corrected chi connectivity index (χ1v) is 8.26. The maximum Gasteiger partial charge on any atom is 0.242 e. The molecule has 0 radical (unpaired) electrons. The predicted molar refractivity (Wildman–Crippen MR) is 75.1 cm³/mol. The third-order valence-corrected chi connectivity index (χ3v) is 5.77. The molecule has 5 nitrogen and oxygen atoms in total. The van der Waals surface area contributed by atoms with Crippen molar-refractivity contribution in [1.29, 1.82) is 0 Å². The molecule has 0 aliphatic heterocycles. The summed E-state index contributed by atoms with van der Waals surface area (Å²) in [5, 5.41) is 0. The minimum absolute atomic E-state index is 0.179. The Kier molecular flexibility index (Phi) is 4.03. The third kappa shape index (κ3) is 2.85. The molecule has 0 amide bonds. The summed E-state index contributed by atoms with van der Waals surface area (Å²) in [4.78, 5) is 0.307. The number of rotatable bonds is 6. The van der Waals surface area contributed by atoms with Crippen LogP contribution in [0, 0.1) is 5.41 Å². The Labute approximate surface area is 115 Å². The first kappa shape index (κ1) is 14.6. The van der Waals surface area contributed by atoms with Gasteiger partial charge in [-0.1, -0.05) is 13.3 Å². The molecule has 1 aliphatic carbocycles. The van der Waals surface area contributed by atoms with Crippen LogP contribution in [0.4, 0.5) is 0 Å². The molecule has 1 aliphatic rings. The Morgan fingerprint density at radius 2 is 2.16 bits per heavy atom. The van der Waals surface area contributed by atoms with Gasteiger partial charge in [0, 0.05) is 32.0 Å². The zero-order chi connectivity index (χ0) is 14.1. The first-order valence-electron chi connectivity index (χ1n) is 6.77. The normalized spacial score (nSPS) is 18.3. The van der Waals surface area contributed by atoms with E-state index in [1.165, 1.54) is 6.42 Å². The Hall–Kier alpha value is -0.850. The van der Waals surface area contributed by atoms with Gasteiger partial charge in [-0.2, -0.15) is 0 Å². The van der Waals surface area contributed by atoms with Crippen molar-refractivity contribution in [1.82, 2.24) is 9.29 Å². The maximum absolute atomic E-state index is 12.3. The average molecular weight is 285 g/mol. The zero-order valence-corrected chi connectivity index (χ0v) is 12.5. The summed E-state index contributed by atoms with van der Waals surface area (Å²) in [6, 6.07) is 1.64. The molecule has 3 N–H and O–H groups in total. The Balaban J connectivity index is 2.09. The van der Waals surface area contributed by atoms with Crippen LogP contribution in [0.1, 0.15) is 38.3 Å². The minimum atomic E-state index is -3.42. The summed E-state index contributed by atoms with van der Waals surface area (Å²) in [5.41, 5.74) is 6.56. The third-order valence-electron chi connectivity index (χ3n) is 4.40. The van der Waals surface area contributed by atoms with E-state index in [1.807, 2.05) is 0 Å². The van der Waals surface area contributed by atoms with Gasteiger partial charge in [-0.3, -0.25) is 0 Å². The Morgan fingerprint density at radius 3 is 2.58 bits per heavy atom. The molecule has 1 aromatic heterocycles. The number of nitrogens with zero attached hydrogens (tertiary/aromatic N) is 1. The van der Waals surface area contributed by atoms with Gasteiger partial charge in [0.1, 0.15) is 0 Å². The molecule has 1 heterocycles. The molecule has 2 rings (SSSR count). The second-order valence-corrected chi connectivity index (χ2v) is 7.28. The fourth-order valence-electron chi connectivity index (χ4n) is 2.59. The molecule has 1 saturated carbocycles. The van der Waals surface area contributed by atoms with Crippen molar-refractivity contribution >= 4 is 10.0 Å². The lowest BCUT2D eigenvalue weighted by molar-refractivity contribution is 0.133. The highest BCUT2D eigenvalue weighted by Gasteiger charge is 2.36. The molecule has 19 heavy (non-hydrogen) atoms. The lowest BCUT2D eigenvalue weighted by Gasteiger charge is -2.41. The van der Waals surface area contributed by atoms with E-state index in [2.05, 4.69) is 11.6 Å². The van der Waals surface area contributed by atoms with Crippen LogP contribution in [0.5, 0.6) is 0 Å². The van der Waals surface area contributed by atoms with Crippen molar-refractivity contribution in [3.05, 3.63) is 18.0 Å². The highest BCUT2D eigenvalue weighted by molar-refractivity contribution is 7.89. The van der Waals surface area contributed by atoms with Crippen LogP contribution in [0.15, 0.2) is 17.2 Å². The monoisotopic (exact) mass is 285 g/mol. The number of nitrogens with one attached hydrogen (secondary N) is 1. The van der Waals surface area contributed by atoms with Crippen LogP contribution in [0.2, 0.25) is 0 Å². The molecule has 108 valence electrons. The van der Waals surface area contributed by atoms with Gasteiger partial charge in [0.15, 0.2) is 0 Å². The van der Waals surface area contributed by atoms with Gasteiger partial charge in [-0.25, -0.2) is 13.1 Å². The Morgan fingerprint density at radius 1 is 1.47 bits per heavy atom. The van der Waals surface area contributed by atoms with Crippen LogP contribution >= 0.6 is 0 Å². The van der Waals surface area contributed by atoms with E-state index in [0.717, 1.165) is 25.0 Å². The standard InChI is InChI=1S/C13H23N3O2S/c1-3-13(5-4-6-13)10-15-19(17,18)12-7-11(8-14)16(2)9-12/h7,9,15H,3-6,8,10,14H2,1-2H3. The number of nitrogens with two attached hydrogens (primary N) is 1. The lowest BCUT2D eigenvalue weighted by Crippen LogP contribution is -2.41. The van der Waals surface area contributed by atoms with Crippen LogP contribution in [0.25, 0.3) is 0 Å². The smallest absolute Gasteiger partial charge is 0.242 e. The zero-order valence-electron chi connectivity index (χ0n) is 11.6. The molecular weight excluding hydrogens is 262 g/mol. The summed E-state index contributed by atoms with van der Waals surface area (Å²) < 4.78 is 29.0. The number of aromatic nitrogens is 1. The van der Waals surface area contributed by atoms with E-state index >= 15 is 0 Å². The maximum atomic E-state index is 12.3. The number of hydrogen-bond acceptors (Lipinski definition) is 3. The Bertz CT molecular complexity index is 539. The van der Waals surface area contributed by atoms with Gasteiger partial charge in [0.05, 0.1) is 4.90 Å². The van der Waals surface area contributed by atoms with Gasteiger partial charge in [-0.05, 0) is 30.7 Å². The van der Waals surface area contributed by atoms with Crippen molar-refractivity contribution in [2.24, 2.45) is 18.2 Å². The second kappa shape index (κ2) is 5.26. The molecule has 0 spiro atoms. The largest absolute Gasteiger partial charge is 0.352 e. The summed E-state index contributed by atoms with van der Waals surface area (Å²) in [7, 11) is -1.61. The van der Waals surface area contributed by atoms with Crippen molar-refractivity contribution < 1.29 is 8.42 Å². The molecule has 6 heteroatoms. The van der Waals surface area contributed by atoms with Gasteiger partial charge >= 0.3 is 0 Å². The van der Waals surface area contributed by atoms with Crippen molar-refractivity contribution in [2.75, 3.05) is 6.54 Å². The van der Waals surface area contributed by atoms with E-state index in [1.54, 1.807) is 23.9 Å². The van der Waals surface area contributed by atoms with E-state index in [4.69, 9.17) is 5.73 Å². The first-order chi connectivity index (χ1) is 8.92. The molecular formula is C13H23N3O2S. The summed E-state index contributed by atoms with van der Waals surface area (Å²) in [6.45, 7) is 3.01. The van der Waals surface area contributed by atoms with Crippen LogP contribution in [-0.4, -0.2) is 19.5 Å². The summed E-state index contributed by atoms with van der Waals surface area (Å²) in [5.74, 6) is 0. The molecule has 0 bridgehead atoms. The molecule has 0 unspecified atom stereocenters. The quantitative estimate of drug-likeness (QED) is 0.828. The fourth-order valence-corrected chi connectivity index (χ4v) is 3.84. The summed E-state index contributed by atoms with van der Waals surface area (Å²) >= 11 is 0. The van der Waals surface area contributed by atoms with E-state index in [-0.39, 0.29) is 5.41 Å². The highest BCUT2D eigenvalue weighted by atomic mass is 32.2. The van der Waals surface area contributed by atoms with Gasteiger partial charge in [0.25, 0.3) is 0 Å². The summed E-state index contributed by atoms with van der Waals surface area (Å²) in [6.07, 6.45) is 6.09. The fraction of sp³-hybridized carbons (Fsp3) is 0.692. The van der Waals surface area contributed by atoms with Crippen LogP contribution in [-0.2, 0) is 23.6 Å². The predicted octanol–water partition coefficient (Wildman–Crippen LogP) is 1.34. The molecule has 1 aromatic rings. The van der Waals surface area contributed by atoms with E-state index in [0.29, 0.717) is 18.0 Å². The number of hydrogen-bond donors (Lipinski definition) is 2. The van der Waals surface area contributed by atoms with Gasteiger partial charge < -0.3 is 10.3 Å². The van der Waals surface area contributed by atoms with Crippen LogP contribution < -0.4 is 10.5 Å². The molecule has 1 fully saturated rings. The van der Waals surface area contributed by atoms with Crippen molar-refractivity contribution in [3.8, 4) is 0 Å². The molecule has 0 saturated heterocycles. The highest BCUT2D eigenvalue weighted by Crippen LogP contribution is 2.43. The van der Waals surface area contributed by atoms with Crippen LogP contribution in [0.3, 0.4) is 0 Å². The average Bonchev–Trinajstić information content (AvgIpc) is 2.70.